The Balaban J connectivity index is 1.73. The van der Waals surface area contributed by atoms with Crippen molar-refractivity contribution in [2.45, 2.75) is 32.2 Å². The van der Waals surface area contributed by atoms with Crippen LogP contribution in [0.4, 0.5) is 11.4 Å². The Morgan fingerprint density at radius 1 is 1.10 bits per heavy atom. The highest BCUT2D eigenvalue weighted by atomic mass is 16.1. The van der Waals surface area contributed by atoms with E-state index in [0.29, 0.717) is 17.9 Å². The number of carbonyl (C=O) groups excluding carboxylic acids is 2. The van der Waals surface area contributed by atoms with Crippen molar-refractivity contribution in [2.75, 3.05) is 5.32 Å². The number of nitrogens with zero attached hydrogens (tertiary/aromatic N) is 2. The maximum absolute atomic E-state index is 13.2. The van der Waals surface area contributed by atoms with E-state index in [4.69, 9.17) is 5.73 Å². The largest absolute Gasteiger partial charge is 0.369 e. The second-order valence-corrected chi connectivity index (χ2v) is 8.26. The van der Waals surface area contributed by atoms with Gasteiger partial charge < -0.3 is 15.6 Å². The van der Waals surface area contributed by atoms with Crippen molar-refractivity contribution in [3.63, 3.8) is 0 Å². The number of primary amides is 1. The Morgan fingerprint density at radius 2 is 1.83 bits per heavy atom. The van der Waals surface area contributed by atoms with Crippen LogP contribution in [0.3, 0.4) is 0 Å². The van der Waals surface area contributed by atoms with E-state index in [9.17, 15) is 9.59 Å². The topological polar surface area (TPSA) is 90.0 Å². The van der Waals surface area contributed by atoms with E-state index in [2.05, 4.69) is 14.9 Å². The highest BCUT2D eigenvalue weighted by Crippen LogP contribution is 2.44. The van der Waals surface area contributed by atoms with E-state index in [0.717, 1.165) is 34.9 Å². The number of rotatable bonds is 6. The average Bonchev–Trinajstić information content (AvgIpc) is 3.52. The molecule has 1 amide bonds. The molecular formula is C24H24N4O2. The molecule has 2 aliphatic carbocycles. The smallest absolute Gasteiger partial charge is 0.221 e. The summed E-state index contributed by atoms with van der Waals surface area (Å²) in [5.74, 6) is -0.275. The minimum absolute atomic E-state index is 0.0247. The molecular weight excluding hydrogens is 376 g/mol. The molecule has 6 nitrogen and oxygen atoms in total. The molecule has 30 heavy (non-hydrogen) atoms. The van der Waals surface area contributed by atoms with E-state index in [1.165, 1.54) is 12.8 Å². The monoisotopic (exact) mass is 400 g/mol. The molecule has 1 atom stereocenters. The molecule has 6 heteroatoms. The number of amides is 1. The third-order valence-electron chi connectivity index (χ3n) is 6.06. The summed E-state index contributed by atoms with van der Waals surface area (Å²) in [6.45, 7) is 0.842. The molecule has 152 valence electrons. The molecule has 0 aliphatic heterocycles. The number of pyridine rings is 1. The Kier molecular flexibility index (Phi) is 4.62. The van der Waals surface area contributed by atoms with E-state index in [1.807, 2.05) is 42.5 Å². The highest BCUT2D eigenvalue weighted by Gasteiger charge is 2.37. The fourth-order valence-corrected chi connectivity index (χ4v) is 4.37. The third kappa shape index (κ3) is 3.38. The van der Waals surface area contributed by atoms with Crippen LogP contribution in [0.15, 0.2) is 54.9 Å². The number of hydrogen-bond acceptors (Lipinski definition) is 4. The van der Waals surface area contributed by atoms with Crippen molar-refractivity contribution < 1.29 is 9.59 Å². The van der Waals surface area contributed by atoms with Crippen LogP contribution in [-0.4, -0.2) is 21.2 Å². The number of para-hydroxylation sites is 1. The molecule has 2 heterocycles. The molecule has 0 saturated heterocycles. The molecule has 2 aromatic heterocycles. The Bertz CT molecular complexity index is 1100. The lowest BCUT2D eigenvalue weighted by Gasteiger charge is -2.21. The molecule has 5 rings (SSSR count). The molecule has 0 bridgehead atoms. The van der Waals surface area contributed by atoms with Crippen LogP contribution in [0.1, 0.15) is 35.3 Å². The van der Waals surface area contributed by atoms with E-state index in [1.54, 1.807) is 12.4 Å². The van der Waals surface area contributed by atoms with Gasteiger partial charge in [0.2, 0.25) is 5.91 Å². The maximum Gasteiger partial charge on any atom is 0.221 e. The van der Waals surface area contributed by atoms with Crippen molar-refractivity contribution in [3.8, 4) is 11.3 Å². The number of Topliss-reactive ketones (excluding diaryl/α,β-unsaturated/α-hetero) is 1. The van der Waals surface area contributed by atoms with Gasteiger partial charge in [0.1, 0.15) is 0 Å². The summed E-state index contributed by atoms with van der Waals surface area (Å²) in [5.41, 5.74) is 10.9. The molecule has 1 aromatic carbocycles. The van der Waals surface area contributed by atoms with Gasteiger partial charge in [-0.2, -0.15) is 0 Å². The van der Waals surface area contributed by atoms with Gasteiger partial charge >= 0.3 is 0 Å². The van der Waals surface area contributed by atoms with Gasteiger partial charge in [0.15, 0.2) is 5.78 Å². The number of anilines is 2. The van der Waals surface area contributed by atoms with Crippen molar-refractivity contribution in [1.29, 1.82) is 0 Å². The molecule has 0 spiro atoms. The van der Waals surface area contributed by atoms with Crippen LogP contribution in [0.2, 0.25) is 0 Å². The van der Waals surface area contributed by atoms with Gasteiger partial charge in [-0.15, -0.1) is 0 Å². The number of aromatic nitrogens is 2. The summed E-state index contributed by atoms with van der Waals surface area (Å²) >= 11 is 0. The zero-order chi connectivity index (χ0) is 20.7. The summed E-state index contributed by atoms with van der Waals surface area (Å²) in [5, 5.41) is 3.51. The van der Waals surface area contributed by atoms with Gasteiger partial charge in [0.05, 0.1) is 22.9 Å². The highest BCUT2D eigenvalue weighted by molar-refractivity contribution is 6.09. The predicted octanol–water partition coefficient (Wildman–Crippen LogP) is 3.93. The zero-order valence-electron chi connectivity index (χ0n) is 16.7. The summed E-state index contributed by atoms with van der Waals surface area (Å²) in [6, 6.07) is 13.8. The summed E-state index contributed by atoms with van der Waals surface area (Å²) in [7, 11) is 0. The second kappa shape index (κ2) is 7.44. The van der Waals surface area contributed by atoms with Gasteiger partial charge in [-0.1, -0.05) is 18.2 Å². The van der Waals surface area contributed by atoms with Crippen LogP contribution >= 0.6 is 0 Å². The lowest BCUT2D eigenvalue weighted by atomic mass is 9.85. The van der Waals surface area contributed by atoms with E-state index >= 15 is 0 Å². The Labute approximate surface area is 175 Å². The van der Waals surface area contributed by atoms with Gasteiger partial charge in [-0.3, -0.25) is 14.6 Å². The first-order valence-corrected chi connectivity index (χ1v) is 10.4. The maximum atomic E-state index is 13.2. The third-order valence-corrected chi connectivity index (χ3v) is 6.06. The van der Waals surface area contributed by atoms with E-state index < -0.39 is 11.8 Å². The van der Waals surface area contributed by atoms with Gasteiger partial charge in [0, 0.05) is 48.7 Å². The van der Waals surface area contributed by atoms with Crippen LogP contribution in [0.25, 0.3) is 11.3 Å². The first-order valence-electron chi connectivity index (χ1n) is 10.4. The Morgan fingerprint density at radius 3 is 2.50 bits per heavy atom. The first kappa shape index (κ1) is 18.6. The van der Waals surface area contributed by atoms with Crippen LogP contribution in [0.5, 0.6) is 0 Å². The van der Waals surface area contributed by atoms with Crippen molar-refractivity contribution in [3.05, 3.63) is 66.1 Å². The van der Waals surface area contributed by atoms with Crippen LogP contribution < -0.4 is 11.1 Å². The van der Waals surface area contributed by atoms with Gasteiger partial charge in [0.25, 0.3) is 0 Å². The van der Waals surface area contributed by atoms with E-state index in [-0.39, 0.29) is 12.2 Å². The molecule has 2 aliphatic rings. The average molecular weight is 400 g/mol. The lowest BCUT2D eigenvalue weighted by Crippen LogP contribution is -2.32. The number of hydrogen-bond donors (Lipinski definition) is 2. The second-order valence-electron chi connectivity index (χ2n) is 8.26. The zero-order valence-corrected chi connectivity index (χ0v) is 16.7. The number of nitrogens with one attached hydrogen (secondary N) is 1. The minimum Gasteiger partial charge on any atom is -0.369 e. The summed E-state index contributed by atoms with van der Waals surface area (Å²) in [6.07, 6.45) is 6.58. The fraction of sp³-hybridized carbons (Fsp3) is 0.292. The summed E-state index contributed by atoms with van der Waals surface area (Å²) < 4.78 is 2.25. The van der Waals surface area contributed by atoms with Crippen LogP contribution in [-0.2, 0) is 17.8 Å². The standard InChI is InChI=1S/C24H24N4O2/c25-24(30)17-12-19-21(20(29)13-17)22(27-18-4-2-1-3-5-18)23(16-8-10-26-11-9-16)28(19)14-15-6-7-15/h1-5,8-11,15,17,27H,6-7,12-14H2,(H2,25,30). The van der Waals surface area contributed by atoms with Crippen molar-refractivity contribution >= 4 is 23.1 Å². The first-order chi connectivity index (χ1) is 14.6. The molecule has 1 saturated carbocycles. The number of fused-ring (bicyclic) bond motifs is 1. The fourth-order valence-electron chi connectivity index (χ4n) is 4.37. The van der Waals surface area contributed by atoms with Crippen molar-refractivity contribution in [1.82, 2.24) is 9.55 Å². The minimum atomic E-state index is -0.451. The Hall–Kier alpha value is -3.41. The summed E-state index contributed by atoms with van der Waals surface area (Å²) in [4.78, 5) is 29.3. The van der Waals surface area contributed by atoms with Crippen molar-refractivity contribution in [2.24, 2.45) is 17.6 Å². The van der Waals surface area contributed by atoms with Crippen LogP contribution in [0, 0.1) is 11.8 Å². The number of nitrogens with two attached hydrogens (primary N) is 1. The molecule has 1 unspecified atom stereocenters. The van der Waals surface area contributed by atoms with Gasteiger partial charge in [-0.05, 0) is 43.0 Å². The van der Waals surface area contributed by atoms with Gasteiger partial charge in [-0.25, -0.2) is 0 Å². The lowest BCUT2D eigenvalue weighted by molar-refractivity contribution is -0.121. The molecule has 3 N–H and O–H groups in total. The normalized spacial score (nSPS) is 18.1. The number of benzene rings is 1. The predicted molar refractivity (Wildman–Crippen MR) is 115 cm³/mol. The molecule has 0 radical (unpaired) electrons. The molecule has 3 aromatic rings. The number of ketones is 1. The number of carbonyl (C=O) groups is 2. The quantitative estimate of drug-likeness (QED) is 0.656. The molecule has 1 fully saturated rings. The SMILES string of the molecule is NC(=O)C1CC(=O)c2c(Nc3ccccc3)c(-c3ccncc3)n(CC3CC3)c2C1.